The van der Waals surface area contributed by atoms with Crippen LogP contribution in [0.15, 0.2) is 90.0 Å². The molecule has 5 rings (SSSR count). The minimum absolute atomic E-state index is 0.115. The molecule has 0 saturated carbocycles. The Morgan fingerprint density at radius 2 is 1.71 bits per heavy atom. The molecule has 4 aromatic carbocycles. The molecule has 1 aliphatic heterocycles. The summed E-state index contributed by atoms with van der Waals surface area (Å²) in [6.07, 6.45) is 0.771. The molecule has 1 N–H and O–H groups in total. The van der Waals surface area contributed by atoms with Gasteiger partial charge in [-0.05, 0) is 58.8 Å². The third kappa shape index (κ3) is 4.97. The standard InChI is InChI=1S/C27H21ClN2O4/c28-23-8-4-3-7-21(23)16-32-22-11-9-18(10-12-22)15-29-30-27(31)26-17-33-24-13-19-5-1-2-6-20(19)14-25(24)34-26/h1-15,26H,16-17H2,(H,30,31)/t26-/m0/s1. The molecule has 34 heavy (non-hydrogen) atoms. The zero-order valence-corrected chi connectivity index (χ0v) is 18.9. The molecule has 0 aromatic heterocycles. The van der Waals surface area contributed by atoms with Crippen LogP contribution in [0.5, 0.6) is 17.2 Å². The topological polar surface area (TPSA) is 69.2 Å². The fourth-order valence-corrected chi connectivity index (χ4v) is 3.74. The van der Waals surface area contributed by atoms with Crippen molar-refractivity contribution in [2.45, 2.75) is 12.7 Å². The van der Waals surface area contributed by atoms with Crippen LogP contribution < -0.4 is 19.6 Å². The van der Waals surface area contributed by atoms with Crippen molar-refractivity contribution in [3.8, 4) is 17.2 Å². The minimum atomic E-state index is -0.786. The maximum Gasteiger partial charge on any atom is 0.284 e. The van der Waals surface area contributed by atoms with Crippen molar-refractivity contribution in [2.75, 3.05) is 6.61 Å². The molecule has 0 bridgehead atoms. The van der Waals surface area contributed by atoms with Crippen molar-refractivity contribution >= 4 is 34.5 Å². The zero-order chi connectivity index (χ0) is 23.3. The van der Waals surface area contributed by atoms with Gasteiger partial charge in [-0.25, -0.2) is 5.43 Å². The van der Waals surface area contributed by atoms with Crippen LogP contribution in [0.4, 0.5) is 0 Å². The summed E-state index contributed by atoms with van der Waals surface area (Å²) in [7, 11) is 0. The summed E-state index contributed by atoms with van der Waals surface area (Å²) in [6.45, 7) is 0.496. The summed E-state index contributed by atoms with van der Waals surface area (Å²) in [5, 5.41) is 6.78. The number of amides is 1. The molecule has 0 unspecified atom stereocenters. The Morgan fingerprint density at radius 3 is 2.47 bits per heavy atom. The maximum absolute atomic E-state index is 12.5. The number of carbonyl (C=O) groups excluding carboxylic acids is 1. The second-order valence-electron chi connectivity index (χ2n) is 7.75. The molecule has 1 atom stereocenters. The number of rotatable bonds is 6. The Kier molecular flexibility index (Phi) is 6.31. The van der Waals surface area contributed by atoms with Gasteiger partial charge >= 0.3 is 0 Å². The smallest absolute Gasteiger partial charge is 0.284 e. The normalized spacial score (nSPS) is 14.8. The Bertz CT molecular complexity index is 1350. The Balaban J connectivity index is 1.15. The minimum Gasteiger partial charge on any atom is -0.489 e. The molecule has 1 aliphatic rings. The van der Waals surface area contributed by atoms with E-state index in [-0.39, 0.29) is 12.5 Å². The van der Waals surface area contributed by atoms with Crippen LogP contribution in [0.1, 0.15) is 11.1 Å². The van der Waals surface area contributed by atoms with E-state index < -0.39 is 6.10 Å². The first kappa shape index (κ1) is 21.8. The molecule has 0 spiro atoms. The van der Waals surface area contributed by atoms with Gasteiger partial charge in [0, 0.05) is 10.6 Å². The van der Waals surface area contributed by atoms with Crippen LogP contribution in [0.2, 0.25) is 5.02 Å². The number of hydrazone groups is 1. The molecular formula is C27H21ClN2O4. The summed E-state index contributed by atoms with van der Waals surface area (Å²) < 4.78 is 17.4. The molecule has 7 heteroatoms. The Labute approximate surface area is 201 Å². The molecule has 0 saturated heterocycles. The third-order valence-corrected chi connectivity index (χ3v) is 5.75. The number of benzene rings is 4. The van der Waals surface area contributed by atoms with Gasteiger partial charge in [0.1, 0.15) is 19.0 Å². The van der Waals surface area contributed by atoms with Crippen LogP contribution in [0.25, 0.3) is 10.8 Å². The predicted molar refractivity (Wildman–Crippen MR) is 132 cm³/mol. The quantitative estimate of drug-likeness (QED) is 0.303. The van der Waals surface area contributed by atoms with Gasteiger partial charge in [-0.15, -0.1) is 0 Å². The average Bonchev–Trinajstić information content (AvgIpc) is 2.87. The SMILES string of the molecule is O=C(NN=Cc1ccc(OCc2ccccc2Cl)cc1)[C@@H]1COc2cc3ccccc3cc2O1. The number of nitrogens with one attached hydrogen (secondary N) is 1. The molecule has 170 valence electrons. The lowest BCUT2D eigenvalue weighted by Gasteiger charge is -2.25. The van der Waals surface area contributed by atoms with Crippen molar-refractivity contribution in [2.24, 2.45) is 5.10 Å². The summed E-state index contributed by atoms with van der Waals surface area (Å²) in [4.78, 5) is 12.5. The van der Waals surface area contributed by atoms with E-state index in [1.807, 2.05) is 84.9 Å². The van der Waals surface area contributed by atoms with Crippen molar-refractivity contribution < 1.29 is 19.0 Å². The van der Waals surface area contributed by atoms with Crippen LogP contribution in [0, 0.1) is 0 Å². The van der Waals surface area contributed by atoms with Crippen molar-refractivity contribution in [1.29, 1.82) is 0 Å². The van der Waals surface area contributed by atoms with Crippen LogP contribution in [-0.4, -0.2) is 24.8 Å². The van der Waals surface area contributed by atoms with E-state index in [1.165, 1.54) is 0 Å². The largest absolute Gasteiger partial charge is 0.489 e. The summed E-state index contributed by atoms with van der Waals surface area (Å²) in [5.41, 5.74) is 4.24. The number of nitrogens with zero attached hydrogens (tertiary/aromatic N) is 1. The molecule has 0 radical (unpaired) electrons. The average molecular weight is 473 g/mol. The fourth-order valence-electron chi connectivity index (χ4n) is 3.55. The Hall–Kier alpha value is -4.03. The zero-order valence-electron chi connectivity index (χ0n) is 18.1. The van der Waals surface area contributed by atoms with E-state index in [9.17, 15) is 4.79 Å². The van der Waals surface area contributed by atoms with E-state index in [0.29, 0.717) is 28.9 Å². The predicted octanol–water partition coefficient (Wildman–Crippen LogP) is 5.36. The van der Waals surface area contributed by atoms with E-state index in [0.717, 1.165) is 21.9 Å². The van der Waals surface area contributed by atoms with E-state index >= 15 is 0 Å². The van der Waals surface area contributed by atoms with E-state index in [1.54, 1.807) is 6.21 Å². The van der Waals surface area contributed by atoms with Gasteiger partial charge in [-0.2, -0.15) is 5.10 Å². The maximum atomic E-state index is 12.5. The van der Waals surface area contributed by atoms with Gasteiger partial charge in [0.15, 0.2) is 11.5 Å². The number of hydrogen-bond donors (Lipinski definition) is 1. The molecule has 6 nitrogen and oxygen atoms in total. The third-order valence-electron chi connectivity index (χ3n) is 5.38. The van der Waals surface area contributed by atoms with Gasteiger partial charge in [0.25, 0.3) is 5.91 Å². The van der Waals surface area contributed by atoms with Crippen LogP contribution >= 0.6 is 11.6 Å². The van der Waals surface area contributed by atoms with Gasteiger partial charge in [0.05, 0.1) is 6.21 Å². The second-order valence-corrected chi connectivity index (χ2v) is 8.15. The van der Waals surface area contributed by atoms with Gasteiger partial charge in [-0.1, -0.05) is 54.1 Å². The Morgan fingerprint density at radius 1 is 1.00 bits per heavy atom. The van der Waals surface area contributed by atoms with Gasteiger partial charge in [-0.3, -0.25) is 4.79 Å². The first-order valence-electron chi connectivity index (χ1n) is 10.8. The summed E-state index contributed by atoms with van der Waals surface area (Å²) in [6, 6.07) is 26.6. The first-order chi connectivity index (χ1) is 16.7. The van der Waals surface area contributed by atoms with E-state index in [2.05, 4.69) is 10.5 Å². The summed E-state index contributed by atoms with van der Waals surface area (Å²) >= 11 is 6.15. The lowest BCUT2D eigenvalue weighted by molar-refractivity contribution is -0.130. The molecule has 1 heterocycles. The molecular weight excluding hydrogens is 452 g/mol. The number of carbonyl (C=O) groups is 1. The molecule has 0 aliphatic carbocycles. The first-order valence-corrected chi connectivity index (χ1v) is 11.1. The molecule has 1 amide bonds. The molecule has 4 aromatic rings. The van der Waals surface area contributed by atoms with Gasteiger partial charge < -0.3 is 14.2 Å². The summed E-state index contributed by atoms with van der Waals surface area (Å²) in [5.74, 6) is 1.50. The van der Waals surface area contributed by atoms with Crippen LogP contribution in [0.3, 0.4) is 0 Å². The highest BCUT2D eigenvalue weighted by Gasteiger charge is 2.27. The second kappa shape index (κ2) is 9.85. The number of hydrogen-bond acceptors (Lipinski definition) is 5. The lowest BCUT2D eigenvalue weighted by atomic mass is 10.1. The highest BCUT2D eigenvalue weighted by molar-refractivity contribution is 6.31. The number of fused-ring (bicyclic) bond motifs is 2. The highest BCUT2D eigenvalue weighted by Crippen LogP contribution is 2.35. The van der Waals surface area contributed by atoms with Crippen molar-refractivity contribution in [1.82, 2.24) is 5.43 Å². The number of halogens is 1. The number of ether oxygens (including phenoxy) is 3. The van der Waals surface area contributed by atoms with E-state index in [4.69, 9.17) is 25.8 Å². The van der Waals surface area contributed by atoms with Crippen molar-refractivity contribution in [3.05, 3.63) is 101 Å². The van der Waals surface area contributed by atoms with Crippen LogP contribution in [-0.2, 0) is 11.4 Å². The fraction of sp³-hybridized carbons (Fsp3) is 0.111. The highest BCUT2D eigenvalue weighted by atomic mass is 35.5. The molecule has 0 fully saturated rings. The lowest BCUT2D eigenvalue weighted by Crippen LogP contribution is -2.42. The van der Waals surface area contributed by atoms with Crippen molar-refractivity contribution in [3.63, 3.8) is 0 Å². The van der Waals surface area contributed by atoms with Gasteiger partial charge in [0.2, 0.25) is 6.10 Å². The monoisotopic (exact) mass is 472 g/mol.